The number of thiophene rings is 1. The highest BCUT2D eigenvalue weighted by Crippen LogP contribution is 2.36. The molecule has 0 saturated heterocycles. The van der Waals surface area contributed by atoms with Gasteiger partial charge in [0.1, 0.15) is 11.1 Å². The average Bonchev–Trinajstić information content (AvgIpc) is 2.91. The van der Waals surface area contributed by atoms with Crippen molar-refractivity contribution in [1.82, 2.24) is 0 Å². The van der Waals surface area contributed by atoms with E-state index in [0.717, 1.165) is 36.8 Å². The van der Waals surface area contributed by atoms with Gasteiger partial charge < -0.3 is 5.32 Å². The van der Waals surface area contributed by atoms with Gasteiger partial charge in [-0.3, -0.25) is 4.79 Å². The van der Waals surface area contributed by atoms with E-state index in [1.165, 1.54) is 35.1 Å². The molecule has 2 aromatic rings. The van der Waals surface area contributed by atoms with Crippen LogP contribution >= 0.6 is 34.5 Å². The standard InChI is InChI=1S/C20H18Cl2N2OS/c21-16-9-7-13(11-17(16)22)8-10-19(25)24-20-15(12-23)14-5-3-1-2-4-6-18(14)26-20/h7-11H,1-6H2,(H,24,25). The molecule has 1 heterocycles. The van der Waals surface area contributed by atoms with Gasteiger partial charge in [-0.2, -0.15) is 5.26 Å². The first-order valence-electron chi connectivity index (χ1n) is 8.57. The normalized spacial score (nSPS) is 14.3. The second-order valence-electron chi connectivity index (χ2n) is 6.23. The summed E-state index contributed by atoms with van der Waals surface area (Å²) in [6, 6.07) is 7.46. The van der Waals surface area contributed by atoms with E-state index in [1.807, 2.05) is 0 Å². The fraction of sp³-hybridized carbons (Fsp3) is 0.300. The number of nitrogens with zero attached hydrogens (tertiary/aromatic N) is 1. The third kappa shape index (κ3) is 4.48. The van der Waals surface area contributed by atoms with Crippen LogP contribution in [0.4, 0.5) is 5.00 Å². The van der Waals surface area contributed by atoms with Crippen LogP contribution in [-0.2, 0) is 17.6 Å². The fourth-order valence-electron chi connectivity index (χ4n) is 3.07. The number of aryl methyl sites for hydroxylation is 1. The Morgan fingerprint density at radius 1 is 1.15 bits per heavy atom. The topological polar surface area (TPSA) is 52.9 Å². The Labute approximate surface area is 167 Å². The summed E-state index contributed by atoms with van der Waals surface area (Å²) in [6.45, 7) is 0. The Hall–Kier alpha value is -1.80. The first kappa shape index (κ1) is 19.0. The minimum absolute atomic E-state index is 0.262. The maximum atomic E-state index is 12.3. The SMILES string of the molecule is N#Cc1c(NC(=O)C=Cc2ccc(Cl)c(Cl)c2)sc2c1CCCCCC2. The zero-order chi connectivity index (χ0) is 18.5. The van der Waals surface area contributed by atoms with Crippen LogP contribution in [0.1, 0.15) is 47.3 Å². The molecule has 26 heavy (non-hydrogen) atoms. The van der Waals surface area contributed by atoms with Crippen molar-refractivity contribution in [2.75, 3.05) is 5.32 Å². The molecule has 1 aromatic carbocycles. The zero-order valence-electron chi connectivity index (χ0n) is 14.1. The molecule has 3 nitrogen and oxygen atoms in total. The lowest BCUT2D eigenvalue weighted by atomic mass is 9.97. The average molecular weight is 405 g/mol. The van der Waals surface area contributed by atoms with Crippen molar-refractivity contribution >= 4 is 51.5 Å². The highest BCUT2D eigenvalue weighted by atomic mass is 35.5. The first-order valence-corrected chi connectivity index (χ1v) is 10.1. The molecule has 0 aliphatic heterocycles. The molecule has 3 rings (SSSR count). The molecule has 6 heteroatoms. The number of nitriles is 1. The lowest BCUT2D eigenvalue weighted by molar-refractivity contribution is -0.111. The van der Waals surface area contributed by atoms with Crippen LogP contribution in [-0.4, -0.2) is 5.91 Å². The Balaban J connectivity index is 1.76. The van der Waals surface area contributed by atoms with Crippen molar-refractivity contribution in [3.8, 4) is 6.07 Å². The number of carbonyl (C=O) groups excluding carboxylic acids is 1. The Morgan fingerprint density at radius 3 is 2.65 bits per heavy atom. The van der Waals surface area contributed by atoms with E-state index in [0.29, 0.717) is 20.6 Å². The van der Waals surface area contributed by atoms with Gasteiger partial charge in [-0.25, -0.2) is 0 Å². The Morgan fingerprint density at radius 2 is 1.92 bits per heavy atom. The van der Waals surface area contributed by atoms with Crippen molar-refractivity contribution in [1.29, 1.82) is 5.26 Å². The van der Waals surface area contributed by atoms with Crippen molar-refractivity contribution in [3.05, 3.63) is 55.9 Å². The molecule has 1 amide bonds. The van der Waals surface area contributed by atoms with E-state index in [9.17, 15) is 10.1 Å². The number of benzene rings is 1. The second kappa shape index (κ2) is 8.73. The second-order valence-corrected chi connectivity index (χ2v) is 8.15. The van der Waals surface area contributed by atoms with Crippen LogP contribution in [0.15, 0.2) is 24.3 Å². The number of halogens is 2. The predicted molar refractivity (Wildman–Crippen MR) is 109 cm³/mol. The summed E-state index contributed by atoms with van der Waals surface area (Å²) >= 11 is 13.4. The molecule has 0 saturated carbocycles. The number of amides is 1. The number of hydrogen-bond donors (Lipinski definition) is 1. The van der Waals surface area contributed by atoms with Crippen molar-refractivity contribution in [2.45, 2.75) is 38.5 Å². The van der Waals surface area contributed by atoms with Gasteiger partial charge in [0, 0.05) is 11.0 Å². The summed E-state index contributed by atoms with van der Waals surface area (Å²) in [4.78, 5) is 13.5. The Bertz CT molecular complexity index is 896. The van der Waals surface area contributed by atoms with Crippen molar-refractivity contribution in [3.63, 3.8) is 0 Å². The summed E-state index contributed by atoms with van der Waals surface area (Å²) in [7, 11) is 0. The fourth-order valence-corrected chi connectivity index (χ4v) is 4.62. The minimum atomic E-state index is -0.262. The molecule has 0 unspecified atom stereocenters. The molecule has 1 aliphatic rings. The smallest absolute Gasteiger partial charge is 0.249 e. The van der Waals surface area contributed by atoms with Gasteiger partial charge in [-0.05, 0) is 55.0 Å². The summed E-state index contributed by atoms with van der Waals surface area (Å²) in [5.74, 6) is -0.262. The zero-order valence-corrected chi connectivity index (χ0v) is 16.5. The number of hydrogen-bond acceptors (Lipinski definition) is 3. The monoisotopic (exact) mass is 404 g/mol. The summed E-state index contributed by atoms with van der Waals surface area (Å²) in [5, 5.41) is 14.0. The van der Waals surface area contributed by atoms with E-state index in [1.54, 1.807) is 24.3 Å². The molecule has 0 fully saturated rings. The van der Waals surface area contributed by atoms with Gasteiger partial charge in [0.2, 0.25) is 5.91 Å². The van der Waals surface area contributed by atoms with Crippen LogP contribution in [0.3, 0.4) is 0 Å². The molecule has 1 N–H and O–H groups in total. The third-order valence-corrected chi connectivity index (χ3v) is 6.34. The van der Waals surface area contributed by atoms with Gasteiger partial charge >= 0.3 is 0 Å². The molecular formula is C20H18Cl2N2OS. The molecule has 0 spiro atoms. The highest BCUT2D eigenvalue weighted by Gasteiger charge is 2.19. The van der Waals surface area contributed by atoms with E-state index in [4.69, 9.17) is 23.2 Å². The lowest BCUT2D eigenvalue weighted by Gasteiger charge is -2.08. The van der Waals surface area contributed by atoms with Gasteiger partial charge in [0.05, 0.1) is 15.6 Å². The summed E-state index contributed by atoms with van der Waals surface area (Å²) in [6.07, 6.45) is 9.70. The van der Waals surface area contributed by atoms with E-state index < -0.39 is 0 Å². The predicted octanol–water partition coefficient (Wildman–Crippen LogP) is 6.24. The van der Waals surface area contributed by atoms with E-state index in [2.05, 4.69) is 11.4 Å². The van der Waals surface area contributed by atoms with E-state index in [-0.39, 0.29) is 5.91 Å². The van der Waals surface area contributed by atoms with Crippen LogP contribution in [0.25, 0.3) is 6.08 Å². The minimum Gasteiger partial charge on any atom is -0.313 e. The highest BCUT2D eigenvalue weighted by molar-refractivity contribution is 7.16. The number of anilines is 1. The van der Waals surface area contributed by atoms with Crippen molar-refractivity contribution in [2.24, 2.45) is 0 Å². The number of carbonyl (C=O) groups is 1. The molecule has 0 atom stereocenters. The number of rotatable bonds is 3. The number of nitrogens with one attached hydrogen (secondary N) is 1. The van der Waals surface area contributed by atoms with Crippen LogP contribution in [0.5, 0.6) is 0 Å². The van der Waals surface area contributed by atoms with Crippen LogP contribution < -0.4 is 5.32 Å². The summed E-state index contributed by atoms with van der Waals surface area (Å²) in [5.41, 5.74) is 2.54. The van der Waals surface area contributed by atoms with Gasteiger partial charge in [-0.1, -0.05) is 42.1 Å². The molecule has 1 aromatic heterocycles. The number of fused-ring (bicyclic) bond motifs is 1. The van der Waals surface area contributed by atoms with Gasteiger partial charge in [0.25, 0.3) is 0 Å². The Kier molecular flexibility index (Phi) is 6.37. The van der Waals surface area contributed by atoms with E-state index >= 15 is 0 Å². The van der Waals surface area contributed by atoms with Crippen LogP contribution in [0.2, 0.25) is 10.0 Å². The maximum Gasteiger partial charge on any atom is 0.249 e. The molecule has 1 aliphatic carbocycles. The first-order chi connectivity index (χ1) is 12.6. The van der Waals surface area contributed by atoms with Gasteiger partial charge in [0.15, 0.2) is 0 Å². The summed E-state index contributed by atoms with van der Waals surface area (Å²) < 4.78 is 0. The molecule has 134 valence electrons. The quantitative estimate of drug-likeness (QED) is 0.615. The molecular weight excluding hydrogens is 387 g/mol. The van der Waals surface area contributed by atoms with Crippen molar-refractivity contribution < 1.29 is 4.79 Å². The lowest BCUT2D eigenvalue weighted by Crippen LogP contribution is -2.07. The maximum absolute atomic E-state index is 12.3. The largest absolute Gasteiger partial charge is 0.313 e. The molecule has 0 radical (unpaired) electrons. The molecule has 0 bridgehead atoms. The third-order valence-electron chi connectivity index (χ3n) is 4.39. The van der Waals surface area contributed by atoms with Crippen LogP contribution in [0, 0.1) is 11.3 Å². The van der Waals surface area contributed by atoms with Gasteiger partial charge in [-0.15, -0.1) is 11.3 Å².